The molecule has 3 heteroatoms. The van der Waals surface area contributed by atoms with E-state index in [1.165, 1.54) is 0 Å². The summed E-state index contributed by atoms with van der Waals surface area (Å²) in [5, 5.41) is 0. The molecule has 0 amide bonds. The SMILES string of the molecule is CCOCC(=O)C(C)OCC. The summed E-state index contributed by atoms with van der Waals surface area (Å²) in [5.74, 6) is 0.00806. The summed E-state index contributed by atoms with van der Waals surface area (Å²) in [6.45, 7) is 6.77. The van der Waals surface area contributed by atoms with Crippen LogP contribution in [0.1, 0.15) is 20.8 Å². The van der Waals surface area contributed by atoms with E-state index in [1.54, 1.807) is 6.92 Å². The fourth-order valence-corrected chi connectivity index (χ4v) is 0.663. The van der Waals surface area contributed by atoms with E-state index in [2.05, 4.69) is 0 Å². The summed E-state index contributed by atoms with van der Waals surface area (Å²) < 4.78 is 10.0. The highest BCUT2D eigenvalue weighted by Gasteiger charge is 2.11. The molecule has 0 spiro atoms. The highest BCUT2D eigenvalue weighted by atomic mass is 16.5. The second-order valence-corrected chi connectivity index (χ2v) is 2.20. The minimum atomic E-state index is -0.327. The van der Waals surface area contributed by atoms with Gasteiger partial charge in [-0.05, 0) is 20.8 Å². The number of ketones is 1. The smallest absolute Gasteiger partial charge is 0.186 e. The van der Waals surface area contributed by atoms with Crippen molar-refractivity contribution in [2.75, 3.05) is 19.8 Å². The molecule has 0 N–H and O–H groups in total. The first kappa shape index (κ1) is 10.6. The Bertz CT molecular complexity index is 112. The molecule has 0 aliphatic heterocycles. The zero-order valence-electron chi connectivity index (χ0n) is 7.42. The summed E-state index contributed by atoms with van der Waals surface area (Å²) in [6, 6.07) is 0. The summed E-state index contributed by atoms with van der Waals surface area (Å²) in [6.07, 6.45) is -0.327. The first-order valence-corrected chi connectivity index (χ1v) is 3.94. The molecule has 0 rings (SSSR count). The third-order valence-corrected chi connectivity index (χ3v) is 1.32. The molecule has 0 heterocycles. The van der Waals surface area contributed by atoms with Crippen molar-refractivity contribution in [3.05, 3.63) is 0 Å². The van der Waals surface area contributed by atoms with Gasteiger partial charge < -0.3 is 9.47 Å². The van der Waals surface area contributed by atoms with Crippen molar-refractivity contribution in [2.45, 2.75) is 26.9 Å². The summed E-state index contributed by atoms with van der Waals surface area (Å²) in [7, 11) is 0. The number of hydrogen-bond donors (Lipinski definition) is 0. The average Bonchev–Trinajstić information content (AvgIpc) is 2.00. The van der Waals surface area contributed by atoms with E-state index in [4.69, 9.17) is 9.47 Å². The lowest BCUT2D eigenvalue weighted by molar-refractivity contribution is -0.133. The monoisotopic (exact) mass is 160 g/mol. The minimum Gasteiger partial charge on any atom is -0.374 e. The van der Waals surface area contributed by atoms with Crippen LogP contribution in [-0.2, 0) is 14.3 Å². The number of rotatable bonds is 6. The molecule has 11 heavy (non-hydrogen) atoms. The molecule has 0 aromatic rings. The second kappa shape index (κ2) is 6.31. The van der Waals surface area contributed by atoms with Crippen LogP contribution in [-0.4, -0.2) is 31.7 Å². The summed E-state index contributed by atoms with van der Waals surface area (Å²) >= 11 is 0. The van der Waals surface area contributed by atoms with Crippen LogP contribution in [0.4, 0.5) is 0 Å². The molecule has 0 saturated carbocycles. The highest BCUT2D eigenvalue weighted by molar-refractivity contribution is 5.83. The third kappa shape index (κ3) is 4.93. The Morgan fingerprint density at radius 1 is 1.36 bits per heavy atom. The maximum absolute atomic E-state index is 11.0. The van der Waals surface area contributed by atoms with Crippen LogP contribution in [0.25, 0.3) is 0 Å². The molecule has 0 aromatic heterocycles. The summed E-state index contributed by atoms with van der Waals surface area (Å²) in [5.41, 5.74) is 0. The maximum atomic E-state index is 11.0. The van der Waals surface area contributed by atoms with Crippen LogP contribution in [0.5, 0.6) is 0 Å². The lowest BCUT2D eigenvalue weighted by Crippen LogP contribution is -2.25. The Hall–Kier alpha value is -0.410. The molecular formula is C8H16O3. The molecule has 0 aliphatic rings. The first-order chi connectivity index (χ1) is 5.22. The molecule has 3 nitrogen and oxygen atoms in total. The van der Waals surface area contributed by atoms with Crippen LogP contribution in [0, 0.1) is 0 Å². The van der Waals surface area contributed by atoms with Gasteiger partial charge >= 0.3 is 0 Å². The lowest BCUT2D eigenvalue weighted by atomic mass is 10.3. The number of ether oxygens (including phenoxy) is 2. The van der Waals surface area contributed by atoms with E-state index in [-0.39, 0.29) is 18.5 Å². The predicted molar refractivity (Wildman–Crippen MR) is 42.6 cm³/mol. The van der Waals surface area contributed by atoms with Crippen molar-refractivity contribution in [3.63, 3.8) is 0 Å². The summed E-state index contributed by atoms with van der Waals surface area (Å²) in [4.78, 5) is 11.0. The van der Waals surface area contributed by atoms with Gasteiger partial charge in [-0.3, -0.25) is 4.79 Å². The van der Waals surface area contributed by atoms with Crippen molar-refractivity contribution in [3.8, 4) is 0 Å². The van der Waals surface area contributed by atoms with Gasteiger partial charge in [0.15, 0.2) is 5.78 Å². The van der Waals surface area contributed by atoms with Crippen LogP contribution in [0.15, 0.2) is 0 Å². The van der Waals surface area contributed by atoms with E-state index >= 15 is 0 Å². The Balaban J connectivity index is 3.47. The highest BCUT2D eigenvalue weighted by Crippen LogP contribution is 1.92. The number of carbonyl (C=O) groups is 1. The third-order valence-electron chi connectivity index (χ3n) is 1.32. The van der Waals surface area contributed by atoms with Gasteiger partial charge in [-0.15, -0.1) is 0 Å². The van der Waals surface area contributed by atoms with E-state index in [0.717, 1.165) is 0 Å². The zero-order valence-corrected chi connectivity index (χ0v) is 7.42. The van der Waals surface area contributed by atoms with E-state index in [1.807, 2.05) is 13.8 Å². The van der Waals surface area contributed by atoms with E-state index in [0.29, 0.717) is 13.2 Å². The van der Waals surface area contributed by atoms with Crippen molar-refractivity contribution < 1.29 is 14.3 Å². The van der Waals surface area contributed by atoms with Crippen LogP contribution < -0.4 is 0 Å². The number of Topliss-reactive ketones (excluding diaryl/α,β-unsaturated/α-hetero) is 1. The molecule has 0 aromatic carbocycles. The molecule has 0 aliphatic carbocycles. The lowest BCUT2D eigenvalue weighted by Gasteiger charge is -2.09. The Morgan fingerprint density at radius 3 is 2.45 bits per heavy atom. The van der Waals surface area contributed by atoms with Crippen molar-refractivity contribution in [1.29, 1.82) is 0 Å². The maximum Gasteiger partial charge on any atom is 0.186 e. The largest absolute Gasteiger partial charge is 0.374 e. The molecule has 1 unspecified atom stereocenters. The van der Waals surface area contributed by atoms with Gasteiger partial charge in [0.1, 0.15) is 12.7 Å². The molecule has 0 saturated heterocycles. The molecule has 1 atom stereocenters. The minimum absolute atomic E-state index is 0.00806. The van der Waals surface area contributed by atoms with Crippen LogP contribution in [0.2, 0.25) is 0 Å². The molecule has 66 valence electrons. The standard InChI is InChI=1S/C8H16O3/c1-4-10-6-8(9)7(3)11-5-2/h7H,4-6H2,1-3H3. The number of hydrogen-bond acceptors (Lipinski definition) is 3. The molecule has 0 fully saturated rings. The number of carbonyl (C=O) groups excluding carboxylic acids is 1. The van der Waals surface area contributed by atoms with Crippen molar-refractivity contribution in [2.24, 2.45) is 0 Å². The topological polar surface area (TPSA) is 35.5 Å². The quantitative estimate of drug-likeness (QED) is 0.582. The Kier molecular flexibility index (Phi) is 6.07. The van der Waals surface area contributed by atoms with Crippen molar-refractivity contribution >= 4 is 5.78 Å². The van der Waals surface area contributed by atoms with E-state index in [9.17, 15) is 4.79 Å². The fourth-order valence-electron chi connectivity index (χ4n) is 0.663. The molecule has 0 bridgehead atoms. The van der Waals surface area contributed by atoms with Gasteiger partial charge in [0, 0.05) is 13.2 Å². The van der Waals surface area contributed by atoms with Gasteiger partial charge in [-0.2, -0.15) is 0 Å². The van der Waals surface area contributed by atoms with Gasteiger partial charge in [-0.1, -0.05) is 0 Å². The zero-order chi connectivity index (χ0) is 8.69. The fraction of sp³-hybridized carbons (Fsp3) is 0.875. The molecular weight excluding hydrogens is 144 g/mol. The normalized spacial score (nSPS) is 13.0. The first-order valence-electron chi connectivity index (χ1n) is 3.94. The predicted octanol–water partition coefficient (Wildman–Crippen LogP) is 1.02. The average molecular weight is 160 g/mol. The van der Waals surface area contributed by atoms with Gasteiger partial charge in [0.05, 0.1) is 0 Å². The van der Waals surface area contributed by atoms with Crippen LogP contribution in [0.3, 0.4) is 0 Å². The molecule has 0 radical (unpaired) electrons. The second-order valence-electron chi connectivity index (χ2n) is 2.20. The van der Waals surface area contributed by atoms with Crippen molar-refractivity contribution in [1.82, 2.24) is 0 Å². The Labute approximate surface area is 67.7 Å². The van der Waals surface area contributed by atoms with Crippen LogP contribution >= 0.6 is 0 Å². The van der Waals surface area contributed by atoms with Gasteiger partial charge in [-0.25, -0.2) is 0 Å². The van der Waals surface area contributed by atoms with Gasteiger partial charge in [0.2, 0.25) is 0 Å². The Morgan fingerprint density at radius 2 is 2.00 bits per heavy atom. The van der Waals surface area contributed by atoms with E-state index < -0.39 is 0 Å². The van der Waals surface area contributed by atoms with Gasteiger partial charge in [0.25, 0.3) is 0 Å².